The van der Waals surface area contributed by atoms with Crippen LogP contribution < -0.4 is 5.32 Å². The predicted octanol–water partition coefficient (Wildman–Crippen LogP) is 1.91. The maximum absolute atomic E-state index is 12.6. The predicted molar refractivity (Wildman–Crippen MR) is 93.0 cm³/mol. The highest BCUT2D eigenvalue weighted by molar-refractivity contribution is 7.89. The smallest absolute Gasteiger partial charge is 0.243 e. The Balaban J connectivity index is 1.48. The second-order valence-corrected chi connectivity index (χ2v) is 8.25. The molecule has 0 unspecified atom stereocenters. The molecule has 3 rings (SSSR count). The largest absolute Gasteiger partial charge is 0.312 e. The molecular formula is C17H24N4O2S. The van der Waals surface area contributed by atoms with E-state index < -0.39 is 10.0 Å². The SMILES string of the molecule is Cc1[nH]ncc1CNCC1CCN(S(=O)(=O)c2ccccc2)CC1. The van der Waals surface area contributed by atoms with Crippen molar-refractivity contribution in [3.63, 3.8) is 0 Å². The van der Waals surface area contributed by atoms with Crippen molar-refractivity contribution in [2.75, 3.05) is 19.6 Å². The number of hydrogen-bond donors (Lipinski definition) is 2. The van der Waals surface area contributed by atoms with Crippen LogP contribution in [0.4, 0.5) is 0 Å². The number of nitrogens with one attached hydrogen (secondary N) is 2. The van der Waals surface area contributed by atoms with E-state index >= 15 is 0 Å². The maximum atomic E-state index is 12.6. The number of rotatable bonds is 6. The third kappa shape index (κ3) is 3.85. The molecule has 0 saturated carbocycles. The summed E-state index contributed by atoms with van der Waals surface area (Å²) >= 11 is 0. The first-order valence-electron chi connectivity index (χ1n) is 8.32. The molecule has 0 atom stereocenters. The molecule has 6 nitrogen and oxygen atoms in total. The highest BCUT2D eigenvalue weighted by Gasteiger charge is 2.28. The Kier molecular flexibility index (Phi) is 5.33. The van der Waals surface area contributed by atoms with Gasteiger partial charge in [-0.1, -0.05) is 18.2 Å². The van der Waals surface area contributed by atoms with E-state index in [9.17, 15) is 8.42 Å². The molecule has 1 fully saturated rings. The summed E-state index contributed by atoms with van der Waals surface area (Å²) in [5.41, 5.74) is 2.27. The van der Waals surface area contributed by atoms with E-state index in [2.05, 4.69) is 15.5 Å². The summed E-state index contributed by atoms with van der Waals surface area (Å²) in [6.07, 6.45) is 3.63. The molecule has 2 aromatic rings. The number of piperidine rings is 1. The summed E-state index contributed by atoms with van der Waals surface area (Å²) in [4.78, 5) is 0.386. The summed E-state index contributed by atoms with van der Waals surface area (Å²) in [6, 6.07) is 8.69. The third-order valence-electron chi connectivity index (χ3n) is 4.64. The Morgan fingerprint density at radius 3 is 2.58 bits per heavy atom. The van der Waals surface area contributed by atoms with Gasteiger partial charge in [0.05, 0.1) is 11.1 Å². The van der Waals surface area contributed by atoms with Crippen molar-refractivity contribution in [3.05, 3.63) is 47.8 Å². The Labute approximate surface area is 143 Å². The average Bonchev–Trinajstić information content (AvgIpc) is 3.01. The van der Waals surface area contributed by atoms with E-state index in [1.165, 1.54) is 5.56 Å². The molecule has 24 heavy (non-hydrogen) atoms. The van der Waals surface area contributed by atoms with Crippen LogP contribution >= 0.6 is 0 Å². The van der Waals surface area contributed by atoms with Gasteiger partial charge in [-0.3, -0.25) is 5.10 Å². The average molecular weight is 348 g/mol. The molecule has 0 radical (unpaired) electrons. The van der Waals surface area contributed by atoms with E-state index in [-0.39, 0.29) is 0 Å². The normalized spacial score (nSPS) is 17.2. The number of hydrogen-bond acceptors (Lipinski definition) is 4. The van der Waals surface area contributed by atoms with E-state index in [1.54, 1.807) is 28.6 Å². The van der Waals surface area contributed by atoms with E-state index in [1.807, 2.05) is 19.2 Å². The molecule has 0 spiro atoms. The van der Waals surface area contributed by atoms with Gasteiger partial charge in [-0.25, -0.2) is 8.42 Å². The van der Waals surface area contributed by atoms with Crippen LogP contribution in [0.2, 0.25) is 0 Å². The number of benzene rings is 1. The molecule has 0 bridgehead atoms. The number of H-pyrrole nitrogens is 1. The van der Waals surface area contributed by atoms with E-state index in [0.717, 1.165) is 31.6 Å². The molecule has 1 aromatic carbocycles. The first-order chi connectivity index (χ1) is 11.6. The van der Waals surface area contributed by atoms with Gasteiger partial charge in [0.15, 0.2) is 0 Å². The zero-order chi connectivity index (χ0) is 17.0. The Hall–Kier alpha value is -1.70. The lowest BCUT2D eigenvalue weighted by molar-refractivity contribution is 0.267. The highest BCUT2D eigenvalue weighted by atomic mass is 32.2. The van der Waals surface area contributed by atoms with Gasteiger partial charge in [0.25, 0.3) is 0 Å². The summed E-state index contributed by atoms with van der Waals surface area (Å²) in [5, 5.41) is 10.4. The van der Waals surface area contributed by atoms with Crippen molar-refractivity contribution in [1.29, 1.82) is 0 Å². The fraction of sp³-hybridized carbons (Fsp3) is 0.471. The summed E-state index contributed by atoms with van der Waals surface area (Å²) in [7, 11) is -3.35. The van der Waals surface area contributed by atoms with Crippen LogP contribution in [-0.4, -0.2) is 42.6 Å². The number of aryl methyl sites for hydroxylation is 1. The monoisotopic (exact) mass is 348 g/mol. The van der Waals surface area contributed by atoms with Crippen LogP contribution in [-0.2, 0) is 16.6 Å². The number of nitrogens with zero attached hydrogens (tertiary/aromatic N) is 2. The second kappa shape index (κ2) is 7.46. The minimum atomic E-state index is -3.35. The summed E-state index contributed by atoms with van der Waals surface area (Å²) in [5.74, 6) is 0.513. The van der Waals surface area contributed by atoms with Gasteiger partial charge < -0.3 is 5.32 Å². The van der Waals surface area contributed by atoms with Crippen LogP contribution in [0.15, 0.2) is 41.4 Å². The molecule has 2 heterocycles. The quantitative estimate of drug-likeness (QED) is 0.836. The van der Waals surface area contributed by atoms with Crippen molar-refractivity contribution in [2.24, 2.45) is 5.92 Å². The molecule has 1 aliphatic rings. The minimum absolute atomic E-state index is 0.386. The molecule has 1 saturated heterocycles. The molecule has 130 valence electrons. The first kappa shape index (κ1) is 17.1. The molecule has 7 heteroatoms. The Morgan fingerprint density at radius 1 is 1.25 bits per heavy atom. The second-order valence-electron chi connectivity index (χ2n) is 6.31. The lowest BCUT2D eigenvalue weighted by Gasteiger charge is -2.31. The van der Waals surface area contributed by atoms with Gasteiger partial charge in [0.1, 0.15) is 0 Å². The first-order valence-corrected chi connectivity index (χ1v) is 9.76. The Bertz CT molecular complexity index is 750. The lowest BCUT2D eigenvalue weighted by atomic mass is 9.98. The molecule has 1 aliphatic heterocycles. The molecule has 1 aromatic heterocycles. The number of aromatic nitrogens is 2. The highest BCUT2D eigenvalue weighted by Crippen LogP contribution is 2.23. The number of aromatic amines is 1. The van der Waals surface area contributed by atoms with Gasteiger partial charge in [0, 0.05) is 30.9 Å². The lowest BCUT2D eigenvalue weighted by Crippen LogP contribution is -2.40. The summed E-state index contributed by atoms with van der Waals surface area (Å²) in [6.45, 7) is 4.90. The maximum Gasteiger partial charge on any atom is 0.243 e. The fourth-order valence-corrected chi connectivity index (χ4v) is 4.55. The van der Waals surface area contributed by atoms with Gasteiger partial charge in [0.2, 0.25) is 10.0 Å². The van der Waals surface area contributed by atoms with Crippen LogP contribution in [0.3, 0.4) is 0 Å². The van der Waals surface area contributed by atoms with Crippen LogP contribution in [0.25, 0.3) is 0 Å². The van der Waals surface area contributed by atoms with Crippen LogP contribution in [0, 0.1) is 12.8 Å². The molecule has 2 N–H and O–H groups in total. The number of sulfonamides is 1. The van der Waals surface area contributed by atoms with Gasteiger partial charge in [-0.2, -0.15) is 9.40 Å². The van der Waals surface area contributed by atoms with Crippen molar-refractivity contribution in [3.8, 4) is 0 Å². The van der Waals surface area contributed by atoms with Crippen molar-refractivity contribution in [2.45, 2.75) is 31.2 Å². The molecular weight excluding hydrogens is 324 g/mol. The summed E-state index contributed by atoms with van der Waals surface area (Å²) < 4.78 is 26.8. The van der Waals surface area contributed by atoms with Crippen molar-refractivity contribution >= 4 is 10.0 Å². The van der Waals surface area contributed by atoms with Crippen LogP contribution in [0.1, 0.15) is 24.1 Å². The van der Waals surface area contributed by atoms with Gasteiger partial charge in [-0.15, -0.1) is 0 Å². The standard InChI is InChI=1S/C17H24N4O2S/c1-14-16(13-19-20-14)12-18-11-15-7-9-21(10-8-15)24(22,23)17-5-3-2-4-6-17/h2-6,13,15,18H,7-12H2,1H3,(H,19,20). The van der Waals surface area contributed by atoms with E-state index in [0.29, 0.717) is 23.9 Å². The van der Waals surface area contributed by atoms with Gasteiger partial charge in [-0.05, 0) is 44.4 Å². The van der Waals surface area contributed by atoms with Gasteiger partial charge >= 0.3 is 0 Å². The zero-order valence-corrected chi connectivity index (χ0v) is 14.7. The third-order valence-corrected chi connectivity index (χ3v) is 6.55. The molecule has 0 aliphatic carbocycles. The van der Waals surface area contributed by atoms with Crippen LogP contribution in [0.5, 0.6) is 0 Å². The van der Waals surface area contributed by atoms with Crippen molar-refractivity contribution < 1.29 is 8.42 Å². The van der Waals surface area contributed by atoms with Crippen molar-refractivity contribution in [1.82, 2.24) is 19.8 Å². The zero-order valence-electron chi connectivity index (χ0n) is 13.9. The molecule has 0 amide bonds. The topological polar surface area (TPSA) is 78.1 Å². The van der Waals surface area contributed by atoms with E-state index in [4.69, 9.17) is 0 Å². The minimum Gasteiger partial charge on any atom is -0.312 e. The fourth-order valence-electron chi connectivity index (χ4n) is 3.06. The Morgan fingerprint density at radius 2 is 1.96 bits per heavy atom.